The van der Waals surface area contributed by atoms with Crippen LogP contribution >= 0.6 is 0 Å². The molecule has 0 radical (unpaired) electrons. The van der Waals surface area contributed by atoms with E-state index in [2.05, 4.69) is 30.3 Å². The molecule has 1 saturated heterocycles. The Morgan fingerprint density at radius 3 is 2.61 bits per heavy atom. The first kappa shape index (κ1) is 12.9. The average Bonchev–Trinajstić information content (AvgIpc) is 3.13. The van der Waals surface area contributed by atoms with E-state index in [-0.39, 0.29) is 0 Å². The van der Waals surface area contributed by atoms with Crippen LogP contribution in [0.3, 0.4) is 0 Å². The second-order valence-corrected chi connectivity index (χ2v) is 13.6. The van der Waals surface area contributed by atoms with Crippen LogP contribution in [0.25, 0.3) is 0 Å². The van der Waals surface area contributed by atoms with Crippen molar-refractivity contribution in [1.82, 2.24) is 0 Å². The number of halogens is 1. The van der Waals surface area contributed by atoms with Crippen molar-refractivity contribution in [2.75, 3.05) is 11.5 Å². The summed E-state index contributed by atoms with van der Waals surface area (Å²) in [7, 11) is 1.81. The second kappa shape index (κ2) is 5.10. The summed E-state index contributed by atoms with van der Waals surface area (Å²) in [6.45, 7) is 0. The minimum absolute atomic E-state index is 0.328. The Labute approximate surface area is 114 Å². The fraction of sp³-hybridized carbons (Fsp3) is 0.600. The van der Waals surface area contributed by atoms with E-state index >= 15 is 0 Å². The summed E-state index contributed by atoms with van der Waals surface area (Å²) in [6, 6.07) is 10.6. The van der Waals surface area contributed by atoms with Crippen LogP contribution in [0, 0.1) is 0 Å². The maximum atomic E-state index is 11.1. The molecule has 3 heteroatoms. The van der Waals surface area contributed by atoms with Gasteiger partial charge in [-0.25, -0.2) is 0 Å². The molecule has 4 atom stereocenters. The Balaban J connectivity index is 1.77. The molecule has 3 unspecified atom stereocenters. The second-order valence-electron chi connectivity index (χ2n) is 5.36. The predicted molar refractivity (Wildman–Crippen MR) is 69.3 cm³/mol. The Morgan fingerprint density at radius 2 is 1.89 bits per heavy atom. The number of alkyl halides is 3. The van der Waals surface area contributed by atoms with Crippen molar-refractivity contribution in [2.45, 2.75) is 39.6 Å². The topological polar surface area (TPSA) is 29.5 Å². The molecule has 1 aromatic rings. The van der Waals surface area contributed by atoms with Gasteiger partial charge in [-0.3, -0.25) is 0 Å². The molecule has 102 valence electrons. The Bertz CT molecular complexity index is 408. The molecule has 0 spiro atoms. The van der Waals surface area contributed by atoms with Crippen LogP contribution in [0.1, 0.15) is 35.2 Å². The molecule has 1 N–H and O–H groups in total. The summed E-state index contributed by atoms with van der Waals surface area (Å²) in [6.07, 6.45) is 5.21. The first-order chi connectivity index (χ1) is 8.75. The first-order valence-corrected chi connectivity index (χ1v) is 11.8. The molecule has 18 heavy (non-hydrogen) atoms. The van der Waals surface area contributed by atoms with Crippen LogP contribution in [0.4, 0.5) is 0 Å². The van der Waals surface area contributed by atoms with E-state index in [1.165, 1.54) is 24.8 Å². The molecule has 0 bridgehead atoms. The van der Waals surface area contributed by atoms with Crippen molar-refractivity contribution in [2.24, 2.45) is 0 Å². The van der Waals surface area contributed by atoms with E-state index in [0.29, 0.717) is 14.0 Å². The number of hydrogen-bond acceptors (Lipinski definition) is 2. The number of ether oxygens (including phenoxy) is 1. The van der Waals surface area contributed by atoms with Gasteiger partial charge in [0, 0.05) is 0 Å². The van der Waals surface area contributed by atoms with Crippen LogP contribution in [0.5, 0.6) is 0 Å². The van der Waals surface area contributed by atoms with Gasteiger partial charge >= 0.3 is 114 Å². The zero-order valence-corrected chi connectivity index (χ0v) is 13.0. The molecule has 3 rings (SSSR count). The van der Waals surface area contributed by atoms with Gasteiger partial charge in [0.15, 0.2) is 0 Å². The van der Waals surface area contributed by atoms with Gasteiger partial charge in [-0.05, 0) is 0 Å². The standard InChI is InChI=1S/C15H22IO2/c1-18-15-10-6-5-9-13(15)16(17)11-14(16)12-7-3-2-4-8-12/h2-4,7-8,13-15,17H,5-6,9-11H2,1H3/q-1/t13?,14-,15?/m1/s1. The van der Waals surface area contributed by atoms with E-state index in [0.717, 1.165) is 10.8 Å². The van der Waals surface area contributed by atoms with E-state index < -0.39 is 18.8 Å². The van der Waals surface area contributed by atoms with Gasteiger partial charge in [0.1, 0.15) is 0 Å². The zero-order valence-electron chi connectivity index (χ0n) is 10.9. The SMILES string of the molecule is COC1CCCCC1[I-]1(O)C[C@@H]1c1ccccc1. The summed E-state index contributed by atoms with van der Waals surface area (Å²) >= 11 is -2.55. The van der Waals surface area contributed by atoms with Gasteiger partial charge in [0.05, 0.1) is 0 Å². The summed E-state index contributed by atoms with van der Waals surface area (Å²) in [5, 5.41) is 0. The molecular formula is C15H22IO2-. The van der Waals surface area contributed by atoms with Gasteiger partial charge in [-0.15, -0.1) is 0 Å². The van der Waals surface area contributed by atoms with E-state index in [9.17, 15) is 3.44 Å². The third-order valence-electron chi connectivity index (χ3n) is 4.31. The molecule has 1 aromatic carbocycles. The summed E-state index contributed by atoms with van der Waals surface area (Å²) in [5.74, 6) is 0. The van der Waals surface area contributed by atoms with Crippen molar-refractivity contribution in [3.63, 3.8) is 0 Å². The van der Waals surface area contributed by atoms with Crippen LogP contribution in [-0.2, 0) is 4.74 Å². The van der Waals surface area contributed by atoms with Crippen LogP contribution in [-0.4, -0.2) is 25.0 Å². The average molecular weight is 361 g/mol. The molecule has 2 fully saturated rings. The van der Waals surface area contributed by atoms with Crippen molar-refractivity contribution in [3.8, 4) is 0 Å². The van der Waals surface area contributed by atoms with Crippen molar-refractivity contribution in [1.29, 1.82) is 0 Å². The molecule has 1 saturated carbocycles. The normalized spacial score (nSPS) is 43.1. The van der Waals surface area contributed by atoms with Crippen molar-refractivity contribution in [3.05, 3.63) is 35.9 Å². The van der Waals surface area contributed by atoms with Crippen molar-refractivity contribution < 1.29 is 27.0 Å². The molecule has 1 aliphatic heterocycles. The van der Waals surface area contributed by atoms with E-state index in [1.54, 1.807) is 0 Å². The molecule has 2 aliphatic rings. The Hall–Kier alpha value is -0.130. The summed E-state index contributed by atoms with van der Waals surface area (Å²) < 4.78 is 18.8. The minimum atomic E-state index is -2.55. The van der Waals surface area contributed by atoms with Gasteiger partial charge < -0.3 is 0 Å². The summed E-state index contributed by atoms with van der Waals surface area (Å²) in [5.41, 5.74) is 1.36. The zero-order chi connectivity index (χ0) is 12.6. The first-order valence-electron chi connectivity index (χ1n) is 6.77. The number of benzene rings is 1. The molecule has 1 heterocycles. The number of methoxy groups -OCH3 is 1. The third kappa shape index (κ3) is 2.21. The molecule has 0 aromatic heterocycles. The molecule has 0 amide bonds. The van der Waals surface area contributed by atoms with Gasteiger partial charge in [-0.2, -0.15) is 0 Å². The van der Waals surface area contributed by atoms with Gasteiger partial charge in [0.25, 0.3) is 0 Å². The number of rotatable bonds is 3. The van der Waals surface area contributed by atoms with Crippen LogP contribution in [0.15, 0.2) is 30.3 Å². The van der Waals surface area contributed by atoms with E-state index in [1.807, 2.05) is 7.11 Å². The quantitative estimate of drug-likeness (QED) is 0.595. The Morgan fingerprint density at radius 1 is 1.17 bits per heavy atom. The van der Waals surface area contributed by atoms with E-state index in [4.69, 9.17) is 4.74 Å². The fourth-order valence-corrected chi connectivity index (χ4v) is 14.0. The predicted octanol–water partition coefficient (Wildman–Crippen LogP) is -0.233. The van der Waals surface area contributed by atoms with Gasteiger partial charge in [0.2, 0.25) is 0 Å². The maximum absolute atomic E-state index is 11.1. The number of hydrogen-bond donors (Lipinski definition) is 1. The van der Waals surface area contributed by atoms with Crippen LogP contribution in [0.2, 0.25) is 0 Å². The van der Waals surface area contributed by atoms with Crippen LogP contribution < -0.4 is 18.8 Å². The molecule has 2 nitrogen and oxygen atoms in total. The summed E-state index contributed by atoms with van der Waals surface area (Å²) in [4.78, 5) is 0. The van der Waals surface area contributed by atoms with Gasteiger partial charge in [-0.1, -0.05) is 0 Å². The monoisotopic (exact) mass is 361 g/mol. The molecule has 1 aliphatic carbocycles. The fourth-order valence-electron chi connectivity index (χ4n) is 3.21. The third-order valence-corrected chi connectivity index (χ3v) is 13.4. The molecular weight excluding hydrogens is 339 g/mol. The Kier molecular flexibility index (Phi) is 3.65. The van der Waals surface area contributed by atoms with Crippen molar-refractivity contribution >= 4 is 0 Å².